The van der Waals surface area contributed by atoms with E-state index in [-0.39, 0.29) is 11.9 Å². The van der Waals surface area contributed by atoms with Gasteiger partial charge in [0.2, 0.25) is 0 Å². The van der Waals surface area contributed by atoms with E-state index in [9.17, 15) is 4.79 Å². The summed E-state index contributed by atoms with van der Waals surface area (Å²) in [7, 11) is 0. The lowest BCUT2D eigenvalue weighted by Crippen LogP contribution is -2.36. The summed E-state index contributed by atoms with van der Waals surface area (Å²) in [5.74, 6) is 1.55. The summed E-state index contributed by atoms with van der Waals surface area (Å²) in [6.07, 6.45) is 2.62. The molecule has 4 heteroatoms. The maximum atomic E-state index is 12.5. The second kappa shape index (κ2) is 9.74. The SMILES string of the molecule is Cc1ccc(OC[C@@H](C)NC(=O)c2ccc(CN3CCC[C@H](C)C3)cc2)cc1. The molecule has 1 aliphatic heterocycles. The average molecular weight is 381 g/mol. The van der Waals surface area contributed by atoms with Crippen LogP contribution in [-0.4, -0.2) is 36.5 Å². The molecule has 1 aliphatic rings. The molecule has 0 unspecified atom stereocenters. The van der Waals surface area contributed by atoms with E-state index in [1.54, 1.807) is 0 Å². The molecule has 0 radical (unpaired) electrons. The van der Waals surface area contributed by atoms with Gasteiger partial charge in [-0.05, 0) is 69.0 Å². The van der Waals surface area contributed by atoms with E-state index in [1.165, 1.54) is 37.1 Å². The fourth-order valence-electron chi connectivity index (χ4n) is 3.65. The van der Waals surface area contributed by atoms with Crippen molar-refractivity contribution in [3.63, 3.8) is 0 Å². The number of amides is 1. The van der Waals surface area contributed by atoms with Crippen molar-refractivity contribution >= 4 is 5.91 Å². The van der Waals surface area contributed by atoms with Crippen molar-refractivity contribution in [2.45, 2.75) is 46.2 Å². The predicted octanol–water partition coefficient (Wildman–Crippen LogP) is 4.42. The number of likely N-dealkylation sites (tertiary alicyclic amines) is 1. The van der Waals surface area contributed by atoms with Crippen LogP contribution in [0.25, 0.3) is 0 Å². The topological polar surface area (TPSA) is 41.6 Å². The van der Waals surface area contributed by atoms with E-state index >= 15 is 0 Å². The Kier molecular flexibility index (Phi) is 7.10. The van der Waals surface area contributed by atoms with Crippen molar-refractivity contribution in [3.8, 4) is 5.75 Å². The Morgan fingerprint density at radius 1 is 1.18 bits per heavy atom. The van der Waals surface area contributed by atoms with Gasteiger partial charge < -0.3 is 10.1 Å². The fraction of sp³-hybridized carbons (Fsp3) is 0.458. The third kappa shape index (κ3) is 6.10. The first-order chi connectivity index (χ1) is 13.5. The number of nitrogens with one attached hydrogen (secondary N) is 1. The molecular formula is C24H32N2O2. The van der Waals surface area contributed by atoms with E-state index in [0.29, 0.717) is 12.2 Å². The van der Waals surface area contributed by atoms with Gasteiger partial charge in [0.1, 0.15) is 12.4 Å². The molecule has 0 spiro atoms. The summed E-state index contributed by atoms with van der Waals surface area (Å²) < 4.78 is 5.75. The Morgan fingerprint density at radius 3 is 2.57 bits per heavy atom. The number of aryl methyl sites for hydroxylation is 1. The zero-order chi connectivity index (χ0) is 19.9. The highest BCUT2D eigenvalue weighted by atomic mass is 16.5. The van der Waals surface area contributed by atoms with Crippen molar-refractivity contribution in [2.75, 3.05) is 19.7 Å². The number of hydrogen-bond acceptors (Lipinski definition) is 3. The smallest absolute Gasteiger partial charge is 0.251 e. The second-order valence-corrected chi connectivity index (χ2v) is 8.18. The van der Waals surface area contributed by atoms with Crippen LogP contribution >= 0.6 is 0 Å². The third-order valence-electron chi connectivity index (χ3n) is 5.26. The molecule has 0 bridgehead atoms. The van der Waals surface area contributed by atoms with Gasteiger partial charge in [-0.15, -0.1) is 0 Å². The average Bonchev–Trinajstić information content (AvgIpc) is 2.68. The highest BCUT2D eigenvalue weighted by molar-refractivity contribution is 5.94. The van der Waals surface area contributed by atoms with Gasteiger partial charge in [-0.1, -0.05) is 36.8 Å². The van der Waals surface area contributed by atoms with E-state index < -0.39 is 0 Å². The monoisotopic (exact) mass is 380 g/mol. The van der Waals surface area contributed by atoms with Gasteiger partial charge in [0.25, 0.3) is 5.91 Å². The van der Waals surface area contributed by atoms with E-state index in [4.69, 9.17) is 4.74 Å². The normalized spacial score (nSPS) is 18.5. The van der Waals surface area contributed by atoms with Crippen LogP contribution in [0.3, 0.4) is 0 Å². The molecule has 4 nitrogen and oxygen atoms in total. The van der Waals surface area contributed by atoms with Gasteiger partial charge in [-0.3, -0.25) is 9.69 Å². The number of nitrogens with zero attached hydrogens (tertiary/aromatic N) is 1. The van der Waals surface area contributed by atoms with Crippen LogP contribution in [0.15, 0.2) is 48.5 Å². The minimum absolute atomic E-state index is 0.0573. The molecule has 0 aromatic heterocycles. The molecule has 3 rings (SSSR count). The summed E-state index contributed by atoms with van der Waals surface area (Å²) in [6, 6.07) is 15.9. The van der Waals surface area contributed by atoms with Gasteiger partial charge in [0, 0.05) is 18.7 Å². The lowest BCUT2D eigenvalue weighted by molar-refractivity contribution is 0.0926. The van der Waals surface area contributed by atoms with Gasteiger partial charge in [0.05, 0.1) is 6.04 Å². The molecule has 0 aliphatic carbocycles. The first-order valence-electron chi connectivity index (χ1n) is 10.3. The molecule has 28 heavy (non-hydrogen) atoms. The second-order valence-electron chi connectivity index (χ2n) is 8.18. The Hall–Kier alpha value is -2.33. The summed E-state index contributed by atoms with van der Waals surface area (Å²) in [6.45, 7) is 10.1. The Labute approximate surface area is 168 Å². The molecule has 150 valence electrons. The quantitative estimate of drug-likeness (QED) is 0.773. The maximum absolute atomic E-state index is 12.5. The van der Waals surface area contributed by atoms with Crippen LogP contribution in [-0.2, 0) is 6.54 Å². The van der Waals surface area contributed by atoms with Crippen LogP contribution in [0, 0.1) is 12.8 Å². The molecule has 1 N–H and O–H groups in total. The minimum Gasteiger partial charge on any atom is -0.491 e. The number of piperidine rings is 1. The van der Waals surface area contributed by atoms with Crippen LogP contribution in [0.1, 0.15) is 48.2 Å². The largest absolute Gasteiger partial charge is 0.491 e. The van der Waals surface area contributed by atoms with Gasteiger partial charge in [0.15, 0.2) is 0 Å². The van der Waals surface area contributed by atoms with Crippen molar-refractivity contribution in [3.05, 3.63) is 65.2 Å². The van der Waals surface area contributed by atoms with Crippen LogP contribution < -0.4 is 10.1 Å². The van der Waals surface area contributed by atoms with Gasteiger partial charge in [-0.2, -0.15) is 0 Å². The van der Waals surface area contributed by atoms with Crippen LogP contribution in [0.2, 0.25) is 0 Å². The lowest BCUT2D eigenvalue weighted by atomic mass is 9.99. The van der Waals surface area contributed by atoms with Crippen molar-refractivity contribution in [1.29, 1.82) is 0 Å². The molecule has 0 saturated carbocycles. The molecule has 2 aromatic carbocycles. The number of carbonyl (C=O) groups excluding carboxylic acids is 1. The Balaban J connectivity index is 1.46. The van der Waals surface area contributed by atoms with Crippen LogP contribution in [0.5, 0.6) is 5.75 Å². The molecule has 1 fully saturated rings. The fourth-order valence-corrected chi connectivity index (χ4v) is 3.65. The third-order valence-corrected chi connectivity index (χ3v) is 5.26. The van der Waals surface area contributed by atoms with Crippen molar-refractivity contribution in [1.82, 2.24) is 10.2 Å². The van der Waals surface area contributed by atoms with E-state index in [0.717, 1.165) is 18.2 Å². The van der Waals surface area contributed by atoms with Gasteiger partial charge >= 0.3 is 0 Å². The Bertz CT molecular complexity index is 755. The molecule has 2 aromatic rings. The van der Waals surface area contributed by atoms with Crippen molar-refractivity contribution < 1.29 is 9.53 Å². The summed E-state index contributed by atoms with van der Waals surface area (Å²) in [5, 5.41) is 3.01. The van der Waals surface area contributed by atoms with Crippen LogP contribution in [0.4, 0.5) is 0 Å². The number of benzene rings is 2. The standard InChI is InChI=1S/C24H32N2O2/c1-18-6-12-23(13-7-18)28-17-20(3)25-24(27)22-10-8-21(9-11-22)16-26-14-4-5-19(2)15-26/h6-13,19-20H,4-5,14-17H2,1-3H3,(H,25,27)/t19-,20+/m0/s1. The maximum Gasteiger partial charge on any atom is 0.251 e. The summed E-state index contributed by atoms with van der Waals surface area (Å²) in [5.41, 5.74) is 3.16. The molecule has 1 heterocycles. The summed E-state index contributed by atoms with van der Waals surface area (Å²) >= 11 is 0. The molecule has 2 atom stereocenters. The zero-order valence-electron chi connectivity index (χ0n) is 17.3. The Morgan fingerprint density at radius 2 is 1.89 bits per heavy atom. The minimum atomic E-state index is -0.0664. The van der Waals surface area contributed by atoms with Crippen molar-refractivity contribution in [2.24, 2.45) is 5.92 Å². The number of carbonyl (C=O) groups is 1. The molecular weight excluding hydrogens is 348 g/mol. The number of hydrogen-bond donors (Lipinski definition) is 1. The van der Waals surface area contributed by atoms with E-state index in [1.807, 2.05) is 50.2 Å². The first-order valence-corrected chi connectivity index (χ1v) is 10.3. The lowest BCUT2D eigenvalue weighted by Gasteiger charge is -2.30. The number of ether oxygens (including phenoxy) is 1. The molecule has 1 amide bonds. The number of rotatable bonds is 7. The van der Waals surface area contributed by atoms with E-state index in [2.05, 4.69) is 29.3 Å². The predicted molar refractivity (Wildman–Crippen MR) is 114 cm³/mol. The first kappa shape index (κ1) is 20.4. The summed E-state index contributed by atoms with van der Waals surface area (Å²) in [4.78, 5) is 15.0. The highest BCUT2D eigenvalue weighted by Crippen LogP contribution is 2.18. The van der Waals surface area contributed by atoms with Gasteiger partial charge in [-0.25, -0.2) is 0 Å². The highest BCUT2D eigenvalue weighted by Gasteiger charge is 2.16. The zero-order valence-corrected chi connectivity index (χ0v) is 17.3. The molecule has 1 saturated heterocycles.